The first-order valence-corrected chi connectivity index (χ1v) is 10.1. The van der Waals surface area contributed by atoms with Crippen molar-refractivity contribution in [1.82, 2.24) is 15.3 Å². The van der Waals surface area contributed by atoms with Gasteiger partial charge < -0.3 is 15.8 Å². The Morgan fingerprint density at radius 1 is 1.50 bits per heavy atom. The van der Waals surface area contributed by atoms with E-state index in [0.29, 0.717) is 16.9 Å². The van der Waals surface area contributed by atoms with Gasteiger partial charge in [0.2, 0.25) is 5.72 Å². The molecule has 2 bridgehead atoms. The summed E-state index contributed by atoms with van der Waals surface area (Å²) in [6.45, 7) is 0.880. The number of hydrogen-bond donors (Lipinski definition) is 3. The molecule has 4 N–H and O–H groups in total. The van der Waals surface area contributed by atoms with Crippen LogP contribution in [0.5, 0.6) is 0 Å². The highest BCUT2D eigenvalue weighted by Crippen LogP contribution is 2.38. The van der Waals surface area contributed by atoms with Crippen LogP contribution in [-0.4, -0.2) is 78.3 Å². The van der Waals surface area contributed by atoms with Crippen LogP contribution >= 0.6 is 11.6 Å². The van der Waals surface area contributed by atoms with Crippen LogP contribution in [0, 0.1) is 5.92 Å². The summed E-state index contributed by atoms with van der Waals surface area (Å²) in [6.07, 6.45) is 1.09. The minimum Gasteiger partial charge on any atom is -0.365 e. The standard InChI is InChI=1S/C13H21ClN4O7S/c14-4-8-3-9(16-5-8)7-24-13(11(15)19)2-1-10-6-17(13)12(20)18(10)25-26(21,22)23/h8-10,16H,1-7H2,(H2,15,19)(H,21,22,23)/t8-,9+,10?,13?/m0/s1. The zero-order valence-corrected chi connectivity index (χ0v) is 15.4. The maximum Gasteiger partial charge on any atom is 0.418 e. The van der Waals surface area contributed by atoms with Gasteiger partial charge in [0.05, 0.1) is 12.6 Å². The number of alkyl halides is 1. The highest BCUT2D eigenvalue weighted by molar-refractivity contribution is 7.80. The van der Waals surface area contributed by atoms with Gasteiger partial charge in [0.25, 0.3) is 5.91 Å². The van der Waals surface area contributed by atoms with Gasteiger partial charge >= 0.3 is 16.4 Å². The van der Waals surface area contributed by atoms with Gasteiger partial charge in [-0.15, -0.1) is 15.9 Å². The zero-order valence-electron chi connectivity index (χ0n) is 13.8. The van der Waals surface area contributed by atoms with Crippen LogP contribution < -0.4 is 11.1 Å². The lowest BCUT2D eigenvalue weighted by Gasteiger charge is -2.40. The van der Waals surface area contributed by atoms with Crippen LogP contribution in [-0.2, 0) is 24.2 Å². The zero-order chi connectivity index (χ0) is 19.1. The average molecular weight is 413 g/mol. The summed E-state index contributed by atoms with van der Waals surface area (Å²) in [4.78, 5) is 25.7. The number of urea groups is 1. The number of ether oxygens (including phenoxy) is 1. The normalized spacial score (nSPS) is 34.5. The Morgan fingerprint density at radius 2 is 2.23 bits per heavy atom. The molecule has 0 aromatic carbocycles. The second-order valence-corrected chi connectivity index (χ2v) is 8.05. The number of nitrogens with two attached hydrogens (primary N) is 1. The lowest BCUT2D eigenvalue weighted by atomic mass is 9.96. The molecule has 3 fully saturated rings. The van der Waals surface area contributed by atoms with E-state index in [2.05, 4.69) is 9.60 Å². The van der Waals surface area contributed by atoms with Crippen LogP contribution in [0.15, 0.2) is 0 Å². The van der Waals surface area contributed by atoms with Gasteiger partial charge in [-0.25, -0.2) is 4.79 Å². The molecule has 0 radical (unpaired) electrons. The summed E-state index contributed by atoms with van der Waals surface area (Å²) in [5, 5.41) is 3.78. The largest absolute Gasteiger partial charge is 0.418 e. The lowest BCUT2D eigenvalue weighted by Crippen LogP contribution is -2.62. The molecule has 4 atom stereocenters. The number of carbonyl (C=O) groups excluding carboxylic acids is 2. The average Bonchev–Trinajstić information content (AvgIpc) is 3.12. The second-order valence-electron chi connectivity index (χ2n) is 6.73. The van der Waals surface area contributed by atoms with E-state index in [1.165, 1.54) is 0 Å². The van der Waals surface area contributed by atoms with Crippen molar-refractivity contribution >= 4 is 33.9 Å². The van der Waals surface area contributed by atoms with Gasteiger partial charge in [-0.05, 0) is 25.3 Å². The third-order valence-corrected chi connectivity index (χ3v) is 5.80. The number of hydroxylamine groups is 2. The molecular formula is C13H21ClN4O7S. The first-order valence-electron chi connectivity index (χ1n) is 8.17. The molecule has 3 rings (SSSR count). The SMILES string of the molecule is NC(=O)C1(OC[C@H]2C[C@@H](CCl)CN2)CCC2CN1C(=O)N2OS(=O)(=O)O. The fraction of sp³-hybridized carbons (Fsp3) is 0.846. The van der Waals surface area contributed by atoms with Gasteiger partial charge in [0.15, 0.2) is 0 Å². The molecule has 26 heavy (non-hydrogen) atoms. The van der Waals surface area contributed by atoms with Gasteiger partial charge in [-0.2, -0.15) is 13.5 Å². The molecule has 3 aliphatic heterocycles. The van der Waals surface area contributed by atoms with Crippen molar-refractivity contribution in [2.75, 3.05) is 25.6 Å². The number of fused-ring (bicyclic) bond motifs is 2. The summed E-state index contributed by atoms with van der Waals surface area (Å²) < 4.78 is 40.9. The monoisotopic (exact) mass is 412 g/mol. The molecule has 3 amide bonds. The summed E-state index contributed by atoms with van der Waals surface area (Å²) in [6, 6.07) is -1.57. The molecule has 0 aromatic rings. The minimum absolute atomic E-state index is 0.000304. The Labute approximate surface area is 155 Å². The molecule has 0 spiro atoms. The Kier molecular flexibility index (Phi) is 5.34. The van der Waals surface area contributed by atoms with E-state index in [1.807, 2.05) is 0 Å². The molecule has 0 aromatic heterocycles. The van der Waals surface area contributed by atoms with E-state index in [9.17, 15) is 18.0 Å². The predicted molar refractivity (Wildman–Crippen MR) is 88.1 cm³/mol. The highest BCUT2D eigenvalue weighted by atomic mass is 35.5. The second kappa shape index (κ2) is 7.09. The molecule has 11 nitrogen and oxygen atoms in total. The Hall–Kier alpha value is -1.18. The molecule has 0 saturated carbocycles. The number of halogens is 1. The van der Waals surface area contributed by atoms with Crippen molar-refractivity contribution < 1.29 is 31.6 Å². The Bertz CT molecular complexity index is 692. The maximum absolute atomic E-state index is 12.5. The summed E-state index contributed by atoms with van der Waals surface area (Å²) in [5.74, 6) is -0.0268. The summed E-state index contributed by atoms with van der Waals surface area (Å²) in [7, 11) is -4.87. The number of nitrogens with zero attached hydrogens (tertiary/aromatic N) is 2. The van der Waals surface area contributed by atoms with E-state index < -0.39 is 34.1 Å². The van der Waals surface area contributed by atoms with Gasteiger partial charge in [0, 0.05) is 24.9 Å². The minimum atomic E-state index is -4.87. The van der Waals surface area contributed by atoms with Crippen molar-refractivity contribution in [3.8, 4) is 0 Å². The van der Waals surface area contributed by atoms with E-state index in [4.69, 9.17) is 26.6 Å². The number of carbonyl (C=O) groups is 2. The van der Waals surface area contributed by atoms with Crippen LogP contribution in [0.3, 0.4) is 0 Å². The van der Waals surface area contributed by atoms with Crippen LogP contribution in [0.2, 0.25) is 0 Å². The van der Waals surface area contributed by atoms with E-state index >= 15 is 0 Å². The van der Waals surface area contributed by atoms with Crippen LogP contribution in [0.1, 0.15) is 19.3 Å². The number of hydrogen-bond acceptors (Lipinski definition) is 7. The lowest BCUT2D eigenvalue weighted by molar-refractivity contribution is -0.175. The fourth-order valence-corrected chi connectivity index (χ4v) is 4.33. The third kappa shape index (κ3) is 3.62. The maximum atomic E-state index is 12.5. The Morgan fingerprint density at radius 3 is 2.81 bits per heavy atom. The number of nitrogens with one attached hydrogen (secondary N) is 1. The van der Waals surface area contributed by atoms with Crippen molar-refractivity contribution in [3.63, 3.8) is 0 Å². The molecule has 0 aliphatic carbocycles. The molecular weight excluding hydrogens is 392 g/mol. The van der Waals surface area contributed by atoms with E-state index in [1.54, 1.807) is 0 Å². The first kappa shape index (κ1) is 19.6. The third-order valence-electron chi connectivity index (χ3n) is 5.01. The summed E-state index contributed by atoms with van der Waals surface area (Å²) >= 11 is 5.84. The molecule has 13 heteroatoms. The number of primary amides is 1. The first-order chi connectivity index (χ1) is 12.2. The van der Waals surface area contributed by atoms with Crippen molar-refractivity contribution in [2.24, 2.45) is 11.7 Å². The predicted octanol–water partition coefficient (Wildman–Crippen LogP) is -0.964. The van der Waals surface area contributed by atoms with E-state index in [0.717, 1.165) is 17.9 Å². The van der Waals surface area contributed by atoms with Crippen molar-refractivity contribution in [2.45, 2.75) is 37.1 Å². The van der Waals surface area contributed by atoms with E-state index in [-0.39, 0.29) is 32.0 Å². The Balaban J connectivity index is 1.74. The smallest absolute Gasteiger partial charge is 0.365 e. The fourth-order valence-electron chi connectivity index (χ4n) is 3.70. The molecule has 3 heterocycles. The summed E-state index contributed by atoms with van der Waals surface area (Å²) in [5.41, 5.74) is 3.84. The van der Waals surface area contributed by atoms with Gasteiger partial charge in [0.1, 0.15) is 0 Å². The van der Waals surface area contributed by atoms with Gasteiger partial charge in [-0.3, -0.25) is 14.2 Å². The van der Waals surface area contributed by atoms with Crippen molar-refractivity contribution in [3.05, 3.63) is 0 Å². The number of rotatable bonds is 7. The molecule has 3 aliphatic rings. The number of amides is 3. The molecule has 3 saturated heterocycles. The van der Waals surface area contributed by atoms with Gasteiger partial charge in [-0.1, -0.05) is 0 Å². The number of piperidine rings is 1. The molecule has 148 valence electrons. The van der Waals surface area contributed by atoms with Crippen molar-refractivity contribution in [1.29, 1.82) is 0 Å². The van der Waals surface area contributed by atoms with Crippen LogP contribution in [0.4, 0.5) is 4.79 Å². The topological polar surface area (TPSA) is 151 Å². The quantitative estimate of drug-likeness (QED) is 0.357. The van der Waals surface area contributed by atoms with Crippen LogP contribution in [0.25, 0.3) is 0 Å². The molecule has 2 unspecified atom stereocenters. The highest BCUT2D eigenvalue weighted by Gasteiger charge is 2.58.